The van der Waals surface area contributed by atoms with E-state index in [2.05, 4.69) is 11.8 Å². The van der Waals surface area contributed by atoms with Gasteiger partial charge in [0.25, 0.3) is 0 Å². The van der Waals surface area contributed by atoms with Crippen molar-refractivity contribution in [2.45, 2.75) is 25.3 Å². The molecule has 2 N–H and O–H groups in total. The Morgan fingerprint density at radius 3 is 2.89 bits per heavy atom. The smallest absolute Gasteiger partial charge is 0.125 e. The lowest BCUT2D eigenvalue weighted by Gasteiger charge is -2.46. The van der Waals surface area contributed by atoms with Gasteiger partial charge in [-0.3, -0.25) is 0 Å². The molecule has 1 aromatic carbocycles. The first-order chi connectivity index (χ1) is 8.72. The predicted molar refractivity (Wildman–Crippen MR) is 71.3 cm³/mol. The molecule has 0 aliphatic carbocycles. The number of rotatable bonds is 4. The summed E-state index contributed by atoms with van der Waals surface area (Å²) in [5.41, 5.74) is 6.66. The fraction of sp³-hybridized carbons (Fsp3) is 0.571. The van der Waals surface area contributed by atoms with E-state index in [9.17, 15) is 4.39 Å². The maximum Gasteiger partial charge on any atom is 0.125 e. The molecule has 3 nitrogen and oxygen atoms in total. The number of nitrogens with zero attached hydrogens (tertiary/aromatic N) is 1. The van der Waals surface area contributed by atoms with E-state index < -0.39 is 0 Å². The van der Waals surface area contributed by atoms with Crippen LogP contribution >= 0.6 is 0 Å². The molecular weight excluding hydrogens is 231 g/mol. The number of hydrogen-bond acceptors (Lipinski definition) is 3. The van der Waals surface area contributed by atoms with Crippen LogP contribution in [0, 0.1) is 5.82 Å². The monoisotopic (exact) mass is 252 g/mol. The lowest BCUT2D eigenvalue weighted by molar-refractivity contribution is 0.0378. The molecule has 0 amide bonds. The Kier molecular flexibility index (Phi) is 4.19. The highest BCUT2D eigenvalue weighted by Gasteiger charge is 2.37. The second-order valence-corrected chi connectivity index (χ2v) is 4.81. The number of anilines is 1. The van der Waals surface area contributed by atoms with Crippen LogP contribution in [0.25, 0.3) is 0 Å². The quantitative estimate of drug-likeness (QED) is 0.892. The molecule has 0 aromatic heterocycles. The standard InChI is InChI=1S/C14H21FN2O/c1-2-17(13-6-3-5-12(15)9-13)14(10-16)7-4-8-18-11-14/h3,5-6,9H,2,4,7-8,10-11,16H2,1H3. The van der Waals surface area contributed by atoms with Crippen LogP contribution in [0.5, 0.6) is 0 Å². The van der Waals surface area contributed by atoms with Gasteiger partial charge in [-0.25, -0.2) is 4.39 Å². The van der Waals surface area contributed by atoms with E-state index in [4.69, 9.17) is 10.5 Å². The van der Waals surface area contributed by atoms with E-state index in [-0.39, 0.29) is 11.4 Å². The SMILES string of the molecule is CCN(c1cccc(F)c1)C1(CN)CCCOC1. The Labute approximate surface area is 108 Å². The molecule has 1 aliphatic rings. The molecule has 1 fully saturated rings. The van der Waals surface area contributed by atoms with Crippen LogP contribution in [0.4, 0.5) is 10.1 Å². The van der Waals surface area contributed by atoms with Gasteiger partial charge in [-0.15, -0.1) is 0 Å². The Bertz CT molecular complexity index is 391. The average molecular weight is 252 g/mol. The normalized spacial score (nSPS) is 23.9. The van der Waals surface area contributed by atoms with E-state index in [0.29, 0.717) is 13.2 Å². The van der Waals surface area contributed by atoms with E-state index in [1.54, 1.807) is 12.1 Å². The second-order valence-electron chi connectivity index (χ2n) is 4.81. The van der Waals surface area contributed by atoms with Gasteiger partial charge >= 0.3 is 0 Å². The summed E-state index contributed by atoms with van der Waals surface area (Å²) in [5, 5.41) is 0. The zero-order chi connectivity index (χ0) is 13.0. The Hall–Kier alpha value is -1.13. The average Bonchev–Trinajstić information content (AvgIpc) is 2.41. The van der Waals surface area contributed by atoms with Gasteiger partial charge in [0.05, 0.1) is 12.1 Å². The molecule has 18 heavy (non-hydrogen) atoms. The van der Waals surface area contributed by atoms with Crippen molar-refractivity contribution in [3.05, 3.63) is 30.1 Å². The number of hydrogen-bond donors (Lipinski definition) is 1. The highest BCUT2D eigenvalue weighted by molar-refractivity contribution is 5.49. The second kappa shape index (κ2) is 5.67. The summed E-state index contributed by atoms with van der Waals surface area (Å²) in [6, 6.07) is 6.69. The maximum atomic E-state index is 13.4. The van der Waals surface area contributed by atoms with Gasteiger partial charge < -0.3 is 15.4 Å². The zero-order valence-corrected chi connectivity index (χ0v) is 10.9. The number of nitrogens with two attached hydrogens (primary N) is 1. The summed E-state index contributed by atoms with van der Waals surface area (Å²) in [5.74, 6) is -0.213. The van der Waals surface area contributed by atoms with Gasteiger partial charge in [0.1, 0.15) is 5.82 Å². The first kappa shape index (κ1) is 13.3. The minimum absolute atomic E-state index is 0.194. The van der Waals surface area contributed by atoms with Gasteiger partial charge in [0, 0.05) is 25.4 Å². The fourth-order valence-corrected chi connectivity index (χ4v) is 2.76. The Morgan fingerprint density at radius 2 is 2.33 bits per heavy atom. The third kappa shape index (κ3) is 2.49. The summed E-state index contributed by atoms with van der Waals surface area (Å²) < 4.78 is 19.0. The van der Waals surface area contributed by atoms with Crippen LogP contribution in [-0.2, 0) is 4.74 Å². The highest BCUT2D eigenvalue weighted by Crippen LogP contribution is 2.30. The number of benzene rings is 1. The molecule has 1 atom stereocenters. The molecule has 1 aromatic rings. The molecule has 0 saturated carbocycles. The molecule has 0 spiro atoms. The van der Waals surface area contributed by atoms with Crippen LogP contribution in [0.3, 0.4) is 0 Å². The first-order valence-corrected chi connectivity index (χ1v) is 6.53. The fourth-order valence-electron chi connectivity index (χ4n) is 2.76. The van der Waals surface area contributed by atoms with Crippen molar-refractivity contribution >= 4 is 5.69 Å². The van der Waals surface area contributed by atoms with Gasteiger partial charge in [-0.05, 0) is 38.0 Å². The third-order valence-corrected chi connectivity index (χ3v) is 3.69. The highest BCUT2D eigenvalue weighted by atomic mass is 19.1. The maximum absolute atomic E-state index is 13.4. The summed E-state index contributed by atoms with van der Waals surface area (Å²) in [4.78, 5) is 2.18. The summed E-state index contributed by atoms with van der Waals surface area (Å²) in [6.45, 7) is 4.80. The topological polar surface area (TPSA) is 38.5 Å². The largest absolute Gasteiger partial charge is 0.379 e. The first-order valence-electron chi connectivity index (χ1n) is 6.53. The number of likely N-dealkylation sites (N-methyl/N-ethyl adjacent to an activating group) is 1. The Morgan fingerprint density at radius 1 is 1.50 bits per heavy atom. The van der Waals surface area contributed by atoms with Crippen LogP contribution in [-0.4, -0.2) is 31.8 Å². The number of halogens is 1. The number of ether oxygens (including phenoxy) is 1. The lowest BCUT2D eigenvalue weighted by atomic mass is 9.89. The molecule has 1 heterocycles. The van der Waals surface area contributed by atoms with Crippen molar-refractivity contribution in [2.24, 2.45) is 5.73 Å². The molecule has 0 radical (unpaired) electrons. The van der Waals surface area contributed by atoms with Crippen molar-refractivity contribution in [1.82, 2.24) is 0 Å². The Balaban J connectivity index is 2.31. The molecule has 1 aliphatic heterocycles. The predicted octanol–water partition coefficient (Wildman–Crippen LogP) is 2.16. The molecule has 1 saturated heterocycles. The van der Waals surface area contributed by atoms with Gasteiger partial charge in [-0.2, -0.15) is 0 Å². The van der Waals surface area contributed by atoms with Crippen LogP contribution in [0.15, 0.2) is 24.3 Å². The summed E-state index contributed by atoms with van der Waals surface area (Å²) >= 11 is 0. The molecule has 2 rings (SSSR count). The molecular formula is C14H21FN2O. The van der Waals surface area contributed by atoms with Crippen LogP contribution in [0.1, 0.15) is 19.8 Å². The van der Waals surface area contributed by atoms with E-state index in [1.165, 1.54) is 6.07 Å². The van der Waals surface area contributed by atoms with Crippen molar-refractivity contribution in [1.29, 1.82) is 0 Å². The summed E-state index contributed by atoms with van der Waals surface area (Å²) in [7, 11) is 0. The minimum Gasteiger partial charge on any atom is -0.379 e. The van der Waals surface area contributed by atoms with E-state index in [0.717, 1.165) is 31.7 Å². The lowest BCUT2D eigenvalue weighted by Crippen LogP contribution is -2.59. The van der Waals surface area contributed by atoms with Crippen molar-refractivity contribution < 1.29 is 9.13 Å². The van der Waals surface area contributed by atoms with Gasteiger partial charge in [0.2, 0.25) is 0 Å². The van der Waals surface area contributed by atoms with E-state index in [1.807, 2.05) is 6.07 Å². The van der Waals surface area contributed by atoms with Crippen molar-refractivity contribution in [2.75, 3.05) is 31.2 Å². The molecule has 1 unspecified atom stereocenters. The van der Waals surface area contributed by atoms with Gasteiger partial charge in [0.15, 0.2) is 0 Å². The summed E-state index contributed by atoms with van der Waals surface area (Å²) in [6.07, 6.45) is 2.00. The molecule has 0 bridgehead atoms. The molecule has 100 valence electrons. The van der Waals surface area contributed by atoms with Crippen LogP contribution in [0.2, 0.25) is 0 Å². The van der Waals surface area contributed by atoms with Gasteiger partial charge in [-0.1, -0.05) is 6.07 Å². The van der Waals surface area contributed by atoms with Crippen LogP contribution < -0.4 is 10.6 Å². The molecule has 4 heteroatoms. The van der Waals surface area contributed by atoms with Crippen molar-refractivity contribution in [3.63, 3.8) is 0 Å². The zero-order valence-electron chi connectivity index (χ0n) is 10.9. The third-order valence-electron chi connectivity index (χ3n) is 3.69. The minimum atomic E-state index is -0.213. The van der Waals surface area contributed by atoms with E-state index >= 15 is 0 Å². The van der Waals surface area contributed by atoms with Crippen molar-refractivity contribution in [3.8, 4) is 0 Å².